The van der Waals surface area contributed by atoms with Crippen LogP contribution in [-0.2, 0) is 11.3 Å². The lowest BCUT2D eigenvalue weighted by Crippen LogP contribution is -2.43. The Morgan fingerprint density at radius 1 is 1.55 bits per heavy atom. The Bertz CT molecular complexity index is 441. The lowest BCUT2D eigenvalue weighted by atomic mass is 9.97. The highest BCUT2D eigenvalue weighted by molar-refractivity contribution is 7.11. The molecular formula is C14H24N4OS. The van der Waals surface area contributed by atoms with Gasteiger partial charge in [-0.3, -0.25) is 9.69 Å². The summed E-state index contributed by atoms with van der Waals surface area (Å²) < 4.78 is 0. The largest absolute Gasteiger partial charge is 0.355 e. The molecule has 1 saturated heterocycles. The van der Waals surface area contributed by atoms with Crippen LogP contribution in [0.1, 0.15) is 28.4 Å². The van der Waals surface area contributed by atoms with Crippen molar-refractivity contribution in [2.24, 2.45) is 11.7 Å². The third kappa shape index (κ3) is 4.01. The number of piperidine rings is 1. The SMILES string of the molecule is Cc1nc(CN2CCCC(C(=O)NCCN)C2)sc1C. The Hall–Kier alpha value is -0.980. The molecule has 20 heavy (non-hydrogen) atoms. The van der Waals surface area contributed by atoms with Gasteiger partial charge in [-0.2, -0.15) is 0 Å². The van der Waals surface area contributed by atoms with Crippen molar-refractivity contribution in [3.05, 3.63) is 15.6 Å². The van der Waals surface area contributed by atoms with Crippen LogP contribution >= 0.6 is 11.3 Å². The molecule has 0 spiro atoms. The summed E-state index contributed by atoms with van der Waals surface area (Å²) in [6.45, 7) is 7.97. The Morgan fingerprint density at radius 2 is 2.35 bits per heavy atom. The van der Waals surface area contributed by atoms with E-state index >= 15 is 0 Å². The molecule has 2 heterocycles. The van der Waals surface area contributed by atoms with Crippen LogP contribution in [0.25, 0.3) is 0 Å². The van der Waals surface area contributed by atoms with Crippen LogP contribution in [0.15, 0.2) is 0 Å². The molecule has 0 saturated carbocycles. The van der Waals surface area contributed by atoms with Crippen molar-refractivity contribution in [1.29, 1.82) is 0 Å². The van der Waals surface area contributed by atoms with Crippen molar-refractivity contribution < 1.29 is 4.79 Å². The van der Waals surface area contributed by atoms with Crippen LogP contribution in [0.5, 0.6) is 0 Å². The van der Waals surface area contributed by atoms with E-state index in [0.717, 1.165) is 43.2 Å². The summed E-state index contributed by atoms with van der Waals surface area (Å²) >= 11 is 1.76. The molecule has 2 rings (SSSR count). The summed E-state index contributed by atoms with van der Waals surface area (Å²) in [5.41, 5.74) is 6.54. The molecule has 1 aliphatic heterocycles. The van der Waals surface area contributed by atoms with Gasteiger partial charge in [0.15, 0.2) is 0 Å². The molecule has 3 N–H and O–H groups in total. The second-order valence-corrected chi connectivity index (χ2v) is 6.69. The zero-order chi connectivity index (χ0) is 14.5. The number of amides is 1. The summed E-state index contributed by atoms with van der Waals surface area (Å²) in [4.78, 5) is 20.2. The minimum Gasteiger partial charge on any atom is -0.355 e. The minimum absolute atomic E-state index is 0.0949. The molecule has 1 unspecified atom stereocenters. The molecule has 6 heteroatoms. The van der Waals surface area contributed by atoms with Gasteiger partial charge in [-0.15, -0.1) is 11.3 Å². The molecule has 112 valence electrons. The minimum atomic E-state index is 0.0949. The molecule has 5 nitrogen and oxygen atoms in total. The van der Waals surface area contributed by atoms with Crippen molar-refractivity contribution in [1.82, 2.24) is 15.2 Å². The molecule has 1 atom stereocenters. The number of nitrogens with one attached hydrogen (secondary N) is 1. The maximum Gasteiger partial charge on any atom is 0.224 e. The molecule has 1 aliphatic rings. The van der Waals surface area contributed by atoms with Gasteiger partial charge in [0.2, 0.25) is 5.91 Å². The molecule has 1 aromatic rings. The maximum atomic E-state index is 12.0. The van der Waals surface area contributed by atoms with Crippen LogP contribution in [0, 0.1) is 19.8 Å². The van der Waals surface area contributed by atoms with Crippen molar-refractivity contribution in [3.8, 4) is 0 Å². The topological polar surface area (TPSA) is 71.2 Å². The number of aromatic nitrogens is 1. The Balaban J connectivity index is 1.88. The van der Waals surface area contributed by atoms with Gasteiger partial charge in [0.25, 0.3) is 0 Å². The lowest BCUT2D eigenvalue weighted by molar-refractivity contribution is -0.126. The third-order valence-electron chi connectivity index (χ3n) is 3.75. The number of hydrogen-bond acceptors (Lipinski definition) is 5. The van der Waals surface area contributed by atoms with E-state index in [0.29, 0.717) is 13.1 Å². The predicted octanol–water partition coefficient (Wildman–Crippen LogP) is 1.05. The highest BCUT2D eigenvalue weighted by atomic mass is 32.1. The quantitative estimate of drug-likeness (QED) is 0.852. The average molecular weight is 296 g/mol. The van der Waals surface area contributed by atoms with Crippen LogP contribution in [0.4, 0.5) is 0 Å². The van der Waals surface area contributed by atoms with E-state index in [2.05, 4.69) is 29.0 Å². The Kier molecular flexibility index (Phi) is 5.51. The number of rotatable bonds is 5. The van der Waals surface area contributed by atoms with E-state index < -0.39 is 0 Å². The fraction of sp³-hybridized carbons (Fsp3) is 0.714. The standard InChI is InChI=1S/C14H24N4OS/c1-10-11(2)20-13(17-10)9-18-7-3-4-12(8-18)14(19)16-6-5-15/h12H,3-9,15H2,1-2H3,(H,16,19). The van der Waals surface area contributed by atoms with Gasteiger partial charge in [-0.25, -0.2) is 4.98 Å². The lowest BCUT2D eigenvalue weighted by Gasteiger charge is -2.31. The molecule has 0 radical (unpaired) electrons. The summed E-state index contributed by atoms with van der Waals surface area (Å²) in [5.74, 6) is 0.240. The summed E-state index contributed by atoms with van der Waals surface area (Å²) in [6.07, 6.45) is 2.05. The first kappa shape index (κ1) is 15.4. The molecular weight excluding hydrogens is 272 g/mol. The Morgan fingerprint density at radius 3 is 3.00 bits per heavy atom. The molecule has 1 aromatic heterocycles. The second-order valence-electron chi connectivity index (χ2n) is 5.40. The van der Waals surface area contributed by atoms with Crippen molar-refractivity contribution in [2.45, 2.75) is 33.2 Å². The average Bonchev–Trinajstić information content (AvgIpc) is 2.75. The first-order valence-electron chi connectivity index (χ1n) is 7.23. The van der Waals surface area contributed by atoms with Gasteiger partial charge in [0.05, 0.1) is 18.2 Å². The van der Waals surface area contributed by atoms with Gasteiger partial charge in [0, 0.05) is 24.5 Å². The number of nitrogens with zero attached hydrogens (tertiary/aromatic N) is 2. The highest BCUT2D eigenvalue weighted by Gasteiger charge is 2.26. The predicted molar refractivity (Wildman–Crippen MR) is 81.7 cm³/mol. The normalized spacial score (nSPS) is 20.1. The fourth-order valence-corrected chi connectivity index (χ4v) is 3.53. The van der Waals surface area contributed by atoms with Crippen molar-refractivity contribution >= 4 is 17.2 Å². The Labute approximate surface area is 124 Å². The van der Waals surface area contributed by atoms with Gasteiger partial charge < -0.3 is 11.1 Å². The van der Waals surface area contributed by atoms with E-state index in [-0.39, 0.29) is 11.8 Å². The number of hydrogen-bond donors (Lipinski definition) is 2. The first-order valence-corrected chi connectivity index (χ1v) is 8.05. The van der Waals surface area contributed by atoms with Gasteiger partial charge in [-0.05, 0) is 33.2 Å². The highest BCUT2D eigenvalue weighted by Crippen LogP contribution is 2.22. The molecule has 0 aliphatic carbocycles. The smallest absolute Gasteiger partial charge is 0.224 e. The second kappa shape index (κ2) is 7.15. The van der Waals surface area contributed by atoms with Gasteiger partial charge >= 0.3 is 0 Å². The van der Waals surface area contributed by atoms with Crippen LogP contribution in [-0.4, -0.2) is 42.0 Å². The zero-order valence-corrected chi connectivity index (χ0v) is 13.1. The summed E-state index contributed by atoms with van der Waals surface area (Å²) in [7, 11) is 0. The van der Waals surface area contributed by atoms with Crippen LogP contribution in [0.2, 0.25) is 0 Å². The van der Waals surface area contributed by atoms with Crippen molar-refractivity contribution in [2.75, 3.05) is 26.2 Å². The molecule has 0 bridgehead atoms. The fourth-order valence-electron chi connectivity index (χ4n) is 2.55. The molecule has 0 aromatic carbocycles. The van der Waals surface area contributed by atoms with E-state index in [9.17, 15) is 4.79 Å². The van der Waals surface area contributed by atoms with E-state index in [1.165, 1.54) is 4.88 Å². The number of carbonyl (C=O) groups is 1. The molecule has 1 amide bonds. The van der Waals surface area contributed by atoms with Crippen LogP contribution < -0.4 is 11.1 Å². The number of aryl methyl sites for hydroxylation is 2. The van der Waals surface area contributed by atoms with Gasteiger partial charge in [0.1, 0.15) is 5.01 Å². The maximum absolute atomic E-state index is 12.0. The van der Waals surface area contributed by atoms with E-state index in [1.54, 1.807) is 11.3 Å². The van der Waals surface area contributed by atoms with Crippen molar-refractivity contribution in [3.63, 3.8) is 0 Å². The number of nitrogens with two attached hydrogens (primary N) is 1. The van der Waals surface area contributed by atoms with Gasteiger partial charge in [-0.1, -0.05) is 0 Å². The number of likely N-dealkylation sites (tertiary alicyclic amines) is 1. The van der Waals surface area contributed by atoms with E-state index in [1.807, 2.05) is 0 Å². The third-order valence-corrected chi connectivity index (χ3v) is 4.81. The first-order chi connectivity index (χ1) is 9.60. The monoisotopic (exact) mass is 296 g/mol. The van der Waals surface area contributed by atoms with Crippen LogP contribution in [0.3, 0.4) is 0 Å². The summed E-state index contributed by atoms with van der Waals surface area (Å²) in [5, 5.41) is 4.05. The zero-order valence-electron chi connectivity index (χ0n) is 12.3. The number of thiazole rings is 1. The number of carbonyl (C=O) groups excluding carboxylic acids is 1. The van der Waals surface area contributed by atoms with E-state index in [4.69, 9.17) is 5.73 Å². The molecule has 1 fully saturated rings. The summed E-state index contributed by atoms with van der Waals surface area (Å²) in [6, 6.07) is 0.